The smallest absolute Gasteiger partial charge is 0.187 e. The Morgan fingerprint density at radius 1 is 1.32 bits per heavy atom. The summed E-state index contributed by atoms with van der Waals surface area (Å²) in [5.74, 6) is 1.52. The molecule has 102 valence electrons. The molecule has 1 aliphatic heterocycles. The highest BCUT2D eigenvalue weighted by molar-refractivity contribution is 7.80. The van der Waals surface area contributed by atoms with Crippen molar-refractivity contribution in [2.75, 3.05) is 13.2 Å². The Morgan fingerprint density at radius 3 is 2.79 bits per heavy atom. The van der Waals surface area contributed by atoms with Crippen molar-refractivity contribution in [1.29, 1.82) is 0 Å². The molecule has 0 aliphatic carbocycles. The Morgan fingerprint density at radius 2 is 2.05 bits per heavy atom. The molecule has 0 bridgehead atoms. The van der Waals surface area contributed by atoms with Crippen molar-refractivity contribution in [3.8, 4) is 11.5 Å². The van der Waals surface area contributed by atoms with Gasteiger partial charge in [-0.2, -0.15) is 5.10 Å². The Hall–Kier alpha value is -1.82. The van der Waals surface area contributed by atoms with Crippen molar-refractivity contribution in [3.05, 3.63) is 23.8 Å². The number of hydrogen-bond acceptors (Lipinski definition) is 4. The second-order valence-electron chi connectivity index (χ2n) is 4.40. The molecule has 1 heterocycles. The molecule has 2 N–H and O–H groups in total. The van der Waals surface area contributed by atoms with E-state index in [1.165, 1.54) is 0 Å². The van der Waals surface area contributed by atoms with Crippen LogP contribution in [-0.2, 0) is 0 Å². The molecule has 1 aromatic rings. The van der Waals surface area contributed by atoms with E-state index in [-0.39, 0.29) is 6.04 Å². The number of ether oxygens (including phenoxy) is 2. The van der Waals surface area contributed by atoms with E-state index in [0.29, 0.717) is 18.3 Å². The molecule has 0 fully saturated rings. The number of thiocarbonyl (C=S) groups is 1. The molecule has 5 nitrogen and oxygen atoms in total. The minimum atomic E-state index is 0.282. The Bertz CT molecular complexity index is 489. The van der Waals surface area contributed by atoms with E-state index >= 15 is 0 Å². The van der Waals surface area contributed by atoms with Gasteiger partial charge in [-0.3, -0.25) is 5.43 Å². The number of hydrazone groups is 1. The van der Waals surface area contributed by atoms with Gasteiger partial charge in [-0.15, -0.1) is 0 Å². The summed E-state index contributed by atoms with van der Waals surface area (Å²) in [6.45, 7) is 5.20. The SMILES string of the molecule is CC(C)NC(=S)N/N=C/c1ccc2c(c1)OCCO2. The highest BCUT2D eigenvalue weighted by Gasteiger charge is 2.10. The minimum absolute atomic E-state index is 0.282. The lowest BCUT2D eigenvalue weighted by molar-refractivity contribution is 0.171. The van der Waals surface area contributed by atoms with E-state index in [1.807, 2.05) is 32.0 Å². The zero-order chi connectivity index (χ0) is 13.7. The number of rotatable bonds is 3. The number of nitrogens with zero attached hydrogens (tertiary/aromatic N) is 1. The monoisotopic (exact) mass is 279 g/mol. The second kappa shape index (κ2) is 6.38. The van der Waals surface area contributed by atoms with Gasteiger partial charge in [0.05, 0.1) is 6.21 Å². The van der Waals surface area contributed by atoms with Gasteiger partial charge in [-0.05, 0) is 49.8 Å². The van der Waals surface area contributed by atoms with Gasteiger partial charge in [0.25, 0.3) is 0 Å². The van der Waals surface area contributed by atoms with Crippen LogP contribution in [0.25, 0.3) is 0 Å². The fourth-order valence-corrected chi connectivity index (χ4v) is 1.89. The largest absolute Gasteiger partial charge is 0.486 e. The van der Waals surface area contributed by atoms with Gasteiger partial charge in [0.2, 0.25) is 0 Å². The normalized spacial score (nSPS) is 13.6. The van der Waals surface area contributed by atoms with Crippen molar-refractivity contribution in [2.45, 2.75) is 19.9 Å². The van der Waals surface area contributed by atoms with Gasteiger partial charge < -0.3 is 14.8 Å². The first-order valence-corrected chi connectivity index (χ1v) is 6.55. The number of nitrogens with one attached hydrogen (secondary N) is 2. The molecule has 19 heavy (non-hydrogen) atoms. The van der Waals surface area contributed by atoms with E-state index in [0.717, 1.165) is 17.1 Å². The predicted octanol–water partition coefficient (Wildman–Crippen LogP) is 1.66. The van der Waals surface area contributed by atoms with E-state index in [2.05, 4.69) is 15.8 Å². The maximum atomic E-state index is 5.50. The van der Waals surface area contributed by atoms with Gasteiger partial charge in [0.15, 0.2) is 16.6 Å². The van der Waals surface area contributed by atoms with Gasteiger partial charge in [0, 0.05) is 6.04 Å². The van der Waals surface area contributed by atoms with E-state index in [9.17, 15) is 0 Å². The van der Waals surface area contributed by atoms with Crippen molar-refractivity contribution >= 4 is 23.5 Å². The van der Waals surface area contributed by atoms with Gasteiger partial charge in [-0.1, -0.05) is 0 Å². The molecule has 1 aromatic carbocycles. The van der Waals surface area contributed by atoms with Crippen LogP contribution < -0.4 is 20.2 Å². The predicted molar refractivity (Wildman–Crippen MR) is 79.0 cm³/mol. The Kier molecular flexibility index (Phi) is 4.57. The molecular formula is C13H17N3O2S. The van der Waals surface area contributed by atoms with Crippen molar-refractivity contribution in [2.24, 2.45) is 5.10 Å². The van der Waals surface area contributed by atoms with Crippen LogP contribution in [0.1, 0.15) is 19.4 Å². The third-order valence-electron chi connectivity index (χ3n) is 2.37. The fraction of sp³-hybridized carbons (Fsp3) is 0.385. The number of fused-ring (bicyclic) bond motifs is 1. The molecule has 6 heteroatoms. The van der Waals surface area contributed by atoms with Crippen LogP contribution in [0.15, 0.2) is 23.3 Å². The first-order chi connectivity index (χ1) is 9.15. The Labute approximate surface area is 118 Å². The second-order valence-corrected chi connectivity index (χ2v) is 4.81. The molecule has 2 rings (SSSR count). The lowest BCUT2D eigenvalue weighted by Crippen LogP contribution is -2.36. The summed E-state index contributed by atoms with van der Waals surface area (Å²) >= 11 is 5.06. The maximum Gasteiger partial charge on any atom is 0.187 e. The van der Waals surface area contributed by atoms with Crippen LogP contribution in [0.4, 0.5) is 0 Å². The highest BCUT2D eigenvalue weighted by Crippen LogP contribution is 2.30. The van der Waals surface area contributed by atoms with Crippen LogP contribution in [0.5, 0.6) is 11.5 Å². The van der Waals surface area contributed by atoms with Crippen molar-refractivity contribution in [3.63, 3.8) is 0 Å². The maximum absolute atomic E-state index is 5.50. The average Bonchev–Trinajstić information content (AvgIpc) is 2.37. The summed E-state index contributed by atoms with van der Waals surface area (Å²) in [7, 11) is 0. The summed E-state index contributed by atoms with van der Waals surface area (Å²) in [6, 6.07) is 5.96. The summed E-state index contributed by atoms with van der Waals surface area (Å²) in [5, 5.41) is 7.61. The van der Waals surface area contributed by atoms with E-state index in [1.54, 1.807) is 6.21 Å². The minimum Gasteiger partial charge on any atom is -0.486 e. The summed E-state index contributed by atoms with van der Waals surface area (Å²) in [4.78, 5) is 0. The standard InChI is InChI=1S/C13H17N3O2S/c1-9(2)15-13(19)16-14-8-10-3-4-11-12(7-10)18-6-5-17-11/h3-4,7-9H,5-6H2,1-2H3,(H2,15,16,19)/b14-8+. The molecule has 0 radical (unpaired) electrons. The van der Waals surface area contributed by atoms with Gasteiger partial charge in [0.1, 0.15) is 13.2 Å². The molecule has 0 amide bonds. The van der Waals surface area contributed by atoms with Crippen LogP contribution >= 0.6 is 12.2 Å². The van der Waals surface area contributed by atoms with Crippen LogP contribution in [0.2, 0.25) is 0 Å². The highest BCUT2D eigenvalue weighted by atomic mass is 32.1. The summed E-state index contributed by atoms with van der Waals surface area (Å²) in [6.07, 6.45) is 1.69. The number of hydrogen-bond donors (Lipinski definition) is 2. The molecule has 0 saturated carbocycles. The van der Waals surface area contributed by atoms with Crippen LogP contribution in [0, 0.1) is 0 Å². The fourth-order valence-electron chi connectivity index (χ4n) is 1.60. The third kappa shape index (κ3) is 4.10. The van der Waals surface area contributed by atoms with E-state index in [4.69, 9.17) is 21.7 Å². The third-order valence-corrected chi connectivity index (χ3v) is 2.57. The van der Waals surface area contributed by atoms with Gasteiger partial charge in [-0.25, -0.2) is 0 Å². The number of benzene rings is 1. The lowest BCUT2D eigenvalue weighted by atomic mass is 10.2. The molecule has 0 aromatic heterocycles. The molecule has 0 spiro atoms. The average molecular weight is 279 g/mol. The van der Waals surface area contributed by atoms with Crippen LogP contribution in [0.3, 0.4) is 0 Å². The molecule has 1 aliphatic rings. The first kappa shape index (κ1) is 13.6. The zero-order valence-corrected chi connectivity index (χ0v) is 11.8. The lowest BCUT2D eigenvalue weighted by Gasteiger charge is -2.18. The Balaban J connectivity index is 1.94. The van der Waals surface area contributed by atoms with Gasteiger partial charge >= 0.3 is 0 Å². The molecule has 0 saturated heterocycles. The topological polar surface area (TPSA) is 54.9 Å². The first-order valence-electron chi connectivity index (χ1n) is 6.14. The van der Waals surface area contributed by atoms with E-state index < -0.39 is 0 Å². The van der Waals surface area contributed by atoms with Crippen LogP contribution in [-0.4, -0.2) is 30.6 Å². The molecule has 0 unspecified atom stereocenters. The molecular weight excluding hydrogens is 262 g/mol. The molecule has 0 atom stereocenters. The summed E-state index contributed by atoms with van der Waals surface area (Å²) < 4.78 is 10.9. The quantitative estimate of drug-likeness (QED) is 0.501. The van der Waals surface area contributed by atoms with Crippen molar-refractivity contribution < 1.29 is 9.47 Å². The van der Waals surface area contributed by atoms with Crippen molar-refractivity contribution in [1.82, 2.24) is 10.7 Å². The zero-order valence-electron chi connectivity index (χ0n) is 11.0. The summed E-state index contributed by atoms with van der Waals surface area (Å²) in [5.41, 5.74) is 3.68.